The smallest absolute Gasteiger partial charge is 0.258 e. The Morgan fingerprint density at radius 2 is 1.43 bits per heavy atom. The van der Waals surface area contributed by atoms with E-state index in [-0.39, 0.29) is 24.8 Å². The summed E-state index contributed by atoms with van der Waals surface area (Å²) in [5.41, 5.74) is 4.21. The lowest BCUT2D eigenvalue weighted by Gasteiger charge is -2.17. The van der Waals surface area contributed by atoms with Crippen molar-refractivity contribution in [3.05, 3.63) is 96.6 Å². The molecule has 0 radical (unpaired) electrons. The Morgan fingerprint density at radius 3 is 2.10 bits per heavy atom. The van der Waals surface area contributed by atoms with Gasteiger partial charge in [-0.1, -0.05) is 43.0 Å². The highest BCUT2D eigenvalue weighted by molar-refractivity contribution is 6.09. The number of anilines is 1. The van der Waals surface area contributed by atoms with Crippen LogP contribution in [0.15, 0.2) is 95.7 Å². The van der Waals surface area contributed by atoms with Crippen LogP contribution in [-0.4, -0.2) is 23.3 Å². The zero-order valence-corrected chi connectivity index (χ0v) is 16.3. The van der Waals surface area contributed by atoms with Crippen molar-refractivity contribution in [1.29, 1.82) is 0 Å². The largest absolute Gasteiger partial charge is 0.326 e. The van der Waals surface area contributed by atoms with Crippen LogP contribution >= 0.6 is 0 Å². The number of benzene rings is 3. The lowest BCUT2D eigenvalue weighted by atomic mass is 10.1. The highest BCUT2D eigenvalue weighted by Crippen LogP contribution is 2.31. The van der Waals surface area contributed by atoms with Crippen molar-refractivity contribution in [2.45, 2.75) is 6.42 Å². The second-order valence-electron chi connectivity index (χ2n) is 6.83. The molecule has 1 heterocycles. The lowest BCUT2D eigenvalue weighted by Crippen LogP contribution is -2.27. The molecule has 0 unspecified atom stereocenters. The fourth-order valence-electron chi connectivity index (χ4n) is 3.23. The first-order chi connectivity index (χ1) is 14.6. The fraction of sp³-hybridized carbons (Fsp3) is 0.0833. The van der Waals surface area contributed by atoms with Gasteiger partial charge in [0.2, 0.25) is 5.91 Å². The molecule has 0 fully saturated rings. The highest BCUT2D eigenvalue weighted by atomic mass is 16.2. The Hall–Kier alpha value is -4.06. The van der Waals surface area contributed by atoms with Crippen molar-refractivity contribution in [2.75, 3.05) is 11.9 Å². The molecule has 0 spiro atoms. The Balaban J connectivity index is 1.31. The quantitative estimate of drug-likeness (QED) is 0.554. The predicted octanol–water partition coefficient (Wildman–Crippen LogP) is 5.56. The van der Waals surface area contributed by atoms with Crippen LogP contribution in [0.2, 0.25) is 0 Å². The first-order valence-electron chi connectivity index (χ1n) is 9.59. The van der Waals surface area contributed by atoms with E-state index in [9.17, 15) is 9.59 Å². The van der Waals surface area contributed by atoms with Crippen molar-refractivity contribution in [3.8, 4) is 0 Å². The van der Waals surface area contributed by atoms with Crippen LogP contribution in [0.3, 0.4) is 0 Å². The van der Waals surface area contributed by atoms with Crippen LogP contribution in [0, 0.1) is 0 Å². The molecule has 30 heavy (non-hydrogen) atoms. The van der Waals surface area contributed by atoms with E-state index in [1.54, 1.807) is 35.2 Å². The molecule has 0 saturated heterocycles. The Labute approximate surface area is 174 Å². The van der Waals surface area contributed by atoms with Gasteiger partial charge in [0.15, 0.2) is 0 Å². The summed E-state index contributed by atoms with van der Waals surface area (Å²) < 4.78 is 0. The van der Waals surface area contributed by atoms with Crippen molar-refractivity contribution < 1.29 is 9.59 Å². The van der Waals surface area contributed by atoms with E-state index in [0.717, 1.165) is 11.3 Å². The maximum atomic E-state index is 12.5. The van der Waals surface area contributed by atoms with E-state index in [4.69, 9.17) is 0 Å². The van der Waals surface area contributed by atoms with E-state index in [2.05, 4.69) is 22.1 Å². The fourth-order valence-corrected chi connectivity index (χ4v) is 3.23. The number of carbonyl (C=O) groups excluding carboxylic acids is 2. The Kier molecular flexibility index (Phi) is 5.48. The van der Waals surface area contributed by atoms with E-state index >= 15 is 0 Å². The third-order valence-electron chi connectivity index (χ3n) is 4.79. The predicted molar refractivity (Wildman–Crippen MR) is 117 cm³/mol. The molecule has 0 aromatic heterocycles. The monoisotopic (exact) mass is 396 g/mol. The van der Waals surface area contributed by atoms with Crippen LogP contribution in [0.4, 0.5) is 17.1 Å². The third kappa shape index (κ3) is 4.17. The average Bonchev–Trinajstić information content (AvgIpc) is 3.02. The van der Waals surface area contributed by atoms with Gasteiger partial charge >= 0.3 is 0 Å². The minimum atomic E-state index is -0.176. The van der Waals surface area contributed by atoms with Gasteiger partial charge in [0.25, 0.3) is 5.91 Å². The van der Waals surface area contributed by atoms with E-state index < -0.39 is 0 Å². The van der Waals surface area contributed by atoms with Crippen molar-refractivity contribution in [2.24, 2.45) is 10.2 Å². The number of nitrogens with one attached hydrogen (secondary N) is 1. The van der Waals surface area contributed by atoms with Gasteiger partial charge in [0.05, 0.1) is 11.4 Å². The maximum absolute atomic E-state index is 12.5. The van der Waals surface area contributed by atoms with E-state index in [1.807, 2.05) is 48.5 Å². The number of rotatable bonds is 6. The lowest BCUT2D eigenvalue weighted by molar-refractivity contribution is -0.116. The van der Waals surface area contributed by atoms with Gasteiger partial charge in [-0.05, 0) is 42.5 Å². The summed E-state index contributed by atoms with van der Waals surface area (Å²) in [7, 11) is 0. The normalized spacial score (nSPS) is 13.0. The molecule has 3 aromatic rings. The van der Waals surface area contributed by atoms with Gasteiger partial charge in [-0.3, -0.25) is 9.59 Å². The van der Waals surface area contributed by atoms with Crippen molar-refractivity contribution in [1.82, 2.24) is 4.90 Å². The molecular formula is C24H20N4O2. The van der Waals surface area contributed by atoms with E-state index in [1.165, 1.54) is 0 Å². The molecule has 1 aliphatic heterocycles. The summed E-state index contributed by atoms with van der Waals surface area (Å²) in [6.07, 6.45) is 0.175. The van der Waals surface area contributed by atoms with Gasteiger partial charge in [-0.15, -0.1) is 0 Å². The third-order valence-corrected chi connectivity index (χ3v) is 4.79. The van der Waals surface area contributed by atoms with Crippen LogP contribution in [0.25, 0.3) is 5.70 Å². The molecular weight excluding hydrogens is 376 g/mol. The first kappa shape index (κ1) is 19.3. The maximum Gasteiger partial charge on any atom is 0.258 e. The summed E-state index contributed by atoms with van der Waals surface area (Å²) in [6, 6.07) is 23.9. The van der Waals surface area contributed by atoms with Gasteiger partial charge < -0.3 is 10.2 Å². The SMILES string of the molecule is C=C1c2ccccc2C(=O)N1CCC(=O)Nc1ccc(N=Nc2ccccc2)cc1. The summed E-state index contributed by atoms with van der Waals surface area (Å²) in [4.78, 5) is 26.4. The zero-order valence-electron chi connectivity index (χ0n) is 16.3. The molecule has 148 valence electrons. The molecule has 0 aliphatic carbocycles. The van der Waals surface area contributed by atoms with Gasteiger partial charge in [0.1, 0.15) is 0 Å². The Morgan fingerprint density at radius 1 is 0.833 bits per heavy atom. The molecule has 2 amide bonds. The molecule has 1 aliphatic rings. The average molecular weight is 396 g/mol. The Bertz CT molecular complexity index is 1090. The highest BCUT2D eigenvalue weighted by Gasteiger charge is 2.30. The molecule has 4 rings (SSSR count). The molecule has 1 N–H and O–H groups in total. The minimum Gasteiger partial charge on any atom is -0.326 e. The molecule has 6 nitrogen and oxygen atoms in total. The van der Waals surface area contributed by atoms with Crippen LogP contribution < -0.4 is 5.32 Å². The summed E-state index contributed by atoms with van der Waals surface area (Å²) in [5.74, 6) is -0.290. The molecule has 3 aromatic carbocycles. The summed E-state index contributed by atoms with van der Waals surface area (Å²) in [6.45, 7) is 4.27. The minimum absolute atomic E-state index is 0.114. The second-order valence-corrected chi connectivity index (χ2v) is 6.83. The number of nitrogens with zero attached hydrogens (tertiary/aromatic N) is 3. The number of amides is 2. The van der Waals surface area contributed by atoms with Gasteiger partial charge in [0, 0.05) is 35.5 Å². The standard InChI is InChI=1S/C24H20N4O2/c1-17-21-9-5-6-10-22(21)24(30)28(17)16-15-23(29)25-18-11-13-20(14-12-18)27-26-19-7-3-2-4-8-19/h2-14H,1,15-16H2,(H,25,29). The van der Waals surface area contributed by atoms with Gasteiger partial charge in [-0.2, -0.15) is 10.2 Å². The van der Waals surface area contributed by atoms with Gasteiger partial charge in [-0.25, -0.2) is 0 Å². The van der Waals surface area contributed by atoms with Crippen LogP contribution in [-0.2, 0) is 4.79 Å². The number of hydrogen-bond acceptors (Lipinski definition) is 4. The molecule has 0 saturated carbocycles. The van der Waals surface area contributed by atoms with Crippen molar-refractivity contribution >= 4 is 34.6 Å². The molecule has 6 heteroatoms. The summed E-state index contributed by atoms with van der Waals surface area (Å²) >= 11 is 0. The topological polar surface area (TPSA) is 74.1 Å². The first-order valence-corrected chi connectivity index (χ1v) is 9.59. The van der Waals surface area contributed by atoms with E-state index in [0.29, 0.717) is 22.6 Å². The summed E-state index contributed by atoms with van der Waals surface area (Å²) in [5, 5.41) is 11.2. The second kappa shape index (κ2) is 8.53. The number of hydrogen-bond donors (Lipinski definition) is 1. The number of carbonyl (C=O) groups is 2. The zero-order chi connectivity index (χ0) is 20.9. The number of azo groups is 1. The van der Waals surface area contributed by atoms with Crippen molar-refractivity contribution in [3.63, 3.8) is 0 Å². The van der Waals surface area contributed by atoms with Crippen LogP contribution in [0.5, 0.6) is 0 Å². The van der Waals surface area contributed by atoms with Crippen LogP contribution in [0.1, 0.15) is 22.3 Å². The number of fused-ring (bicyclic) bond motifs is 1. The molecule has 0 bridgehead atoms. The molecule has 0 atom stereocenters.